The van der Waals surface area contributed by atoms with Crippen molar-refractivity contribution in [2.75, 3.05) is 7.05 Å². The number of fused-ring (bicyclic) bond motifs is 1. The van der Waals surface area contributed by atoms with Crippen molar-refractivity contribution in [3.8, 4) is 0 Å². The summed E-state index contributed by atoms with van der Waals surface area (Å²) in [5, 5.41) is 16.3. The monoisotopic (exact) mass is 344 g/mol. The number of hydrogen-bond acceptors (Lipinski definition) is 6. The molecule has 8 nitrogen and oxygen atoms in total. The molecule has 0 amide bonds. The molecule has 0 aromatic heterocycles. The molecule has 0 saturated carbocycles. The molecule has 2 aromatic carbocycles. The third-order valence-corrected chi connectivity index (χ3v) is 4.69. The normalized spacial score (nSPS) is 15.1. The molecule has 0 atom stereocenters. The summed E-state index contributed by atoms with van der Waals surface area (Å²) in [7, 11) is -2.41. The highest BCUT2D eigenvalue weighted by atomic mass is 32.2. The Hall–Kier alpha value is -3.07. The number of sulfonamides is 1. The first-order valence-corrected chi connectivity index (χ1v) is 8.29. The zero-order chi connectivity index (χ0) is 17.3. The fourth-order valence-electron chi connectivity index (χ4n) is 2.22. The molecular weight excluding hydrogens is 332 g/mol. The molecule has 1 aliphatic heterocycles. The van der Waals surface area contributed by atoms with Crippen LogP contribution >= 0.6 is 0 Å². The first-order valence-electron chi connectivity index (χ1n) is 6.85. The quantitative estimate of drug-likeness (QED) is 0.481. The smallest absolute Gasteiger partial charge is 0.258 e. The standard InChI is InChI=1S/C15H12N4O4S/c1-18(16-10-11-5-3-2-4-6-11)15-13-8-7-12(19(20)21)9-14(13)24(22,23)17-15/h2-10H,1H3. The Labute approximate surface area is 138 Å². The molecule has 0 radical (unpaired) electrons. The van der Waals surface area contributed by atoms with Gasteiger partial charge in [0.25, 0.3) is 15.7 Å². The molecule has 1 heterocycles. The van der Waals surface area contributed by atoms with Gasteiger partial charge in [-0.3, -0.25) is 10.1 Å². The molecule has 0 fully saturated rings. The topological polar surface area (TPSA) is 105 Å². The molecule has 0 saturated heterocycles. The molecule has 9 heteroatoms. The number of hydrogen-bond donors (Lipinski definition) is 0. The maximum Gasteiger partial charge on any atom is 0.285 e. The van der Waals surface area contributed by atoms with Crippen molar-refractivity contribution < 1.29 is 13.3 Å². The van der Waals surface area contributed by atoms with E-state index in [4.69, 9.17) is 0 Å². The number of benzene rings is 2. The average Bonchev–Trinajstić information content (AvgIpc) is 2.84. The SMILES string of the molecule is CN(N=Cc1ccccc1)C1=NS(=O)(=O)c2cc([N+](=O)[O-])ccc21. The van der Waals surface area contributed by atoms with Gasteiger partial charge in [0.2, 0.25) is 0 Å². The number of nitro benzene ring substituents is 1. The van der Waals surface area contributed by atoms with Gasteiger partial charge in [-0.25, -0.2) is 5.01 Å². The maximum absolute atomic E-state index is 12.1. The van der Waals surface area contributed by atoms with E-state index < -0.39 is 14.9 Å². The minimum atomic E-state index is -3.97. The van der Waals surface area contributed by atoms with Crippen LogP contribution in [0.4, 0.5) is 5.69 Å². The number of nitro groups is 1. The lowest BCUT2D eigenvalue weighted by Crippen LogP contribution is -2.21. The predicted molar refractivity (Wildman–Crippen MR) is 88.6 cm³/mol. The summed E-state index contributed by atoms with van der Waals surface area (Å²) >= 11 is 0. The number of non-ortho nitro benzene ring substituents is 1. The average molecular weight is 344 g/mol. The van der Waals surface area contributed by atoms with Gasteiger partial charge in [0, 0.05) is 24.7 Å². The van der Waals surface area contributed by atoms with E-state index in [-0.39, 0.29) is 22.0 Å². The molecule has 122 valence electrons. The van der Waals surface area contributed by atoms with Crippen LogP contribution in [-0.4, -0.2) is 37.4 Å². The molecule has 0 N–H and O–H groups in total. The fourth-order valence-corrected chi connectivity index (χ4v) is 3.46. The highest BCUT2D eigenvalue weighted by Gasteiger charge is 2.32. The van der Waals surface area contributed by atoms with E-state index in [9.17, 15) is 18.5 Å². The third kappa shape index (κ3) is 2.88. The molecule has 0 spiro atoms. The minimum absolute atomic E-state index is 0.118. The zero-order valence-electron chi connectivity index (χ0n) is 12.5. The van der Waals surface area contributed by atoms with Gasteiger partial charge < -0.3 is 0 Å². The third-order valence-electron chi connectivity index (χ3n) is 3.39. The van der Waals surface area contributed by atoms with Crippen molar-refractivity contribution in [1.29, 1.82) is 0 Å². The lowest BCUT2D eigenvalue weighted by atomic mass is 10.2. The Kier molecular flexibility index (Phi) is 3.86. The van der Waals surface area contributed by atoms with Gasteiger partial charge in [0.05, 0.1) is 11.1 Å². The molecule has 2 aromatic rings. The van der Waals surface area contributed by atoms with Crippen LogP contribution in [0.1, 0.15) is 11.1 Å². The van der Waals surface area contributed by atoms with E-state index in [1.54, 1.807) is 13.3 Å². The van der Waals surface area contributed by atoms with Crippen LogP contribution in [0.5, 0.6) is 0 Å². The van der Waals surface area contributed by atoms with E-state index in [2.05, 4.69) is 9.50 Å². The van der Waals surface area contributed by atoms with Crippen LogP contribution in [0.3, 0.4) is 0 Å². The summed E-state index contributed by atoms with van der Waals surface area (Å²) in [4.78, 5) is 9.99. The van der Waals surface area contributed by atoms with E-state index in [1.807, 2.05) is 30.3 Å². The van der Waals surface area contributed by atoms with Crippen molar-refractivity contribution >= 4 is 27.8 Å². The number of nitrogens with zero attached hydrogens (tertiary/aromatic N) is 4. The Balaban J connectivity index is 1.96. The highest BCUT2D eigenvalue weighted by molar-refractivity contribution is 7.90. The van der Waals surface area contributed by atoms with Gasteiger partial charge in [0.1, 0.15) is 4.90 Å². The minimum Gasteiger partial charge on any atom is -0.258 e. The van der Waals surface area contributed by atoms with Crippen LogP contribution in [0.2, 0.25) is 0 Å². The van der Waals surface area contributed by atoms with Crippen molar-refractivity contribution in [1.82, 2.24) is 5.01 Å². The largest absolute Gasteiger partial charge is 0.285 e. The van der Waals surface area contributed by atoms with Gasteiger partial charge in [-0.2, -0.15) is 13.5 Å². The van der Waals surface area contributed by atoms with Crippen molar-refractivity contribution in [2.24, 2.45) is 9.50 Å². The molecule has 3 rings (SSSR count). The molecule has 0 unspecified atom stereocenters. The molecule has 1 aliphatic rings. The summed E-state index contributed by atoms with van der Waals surface area (Å²) < 4.78 is 27.9. The lowest BCUT2D eigenvalue weighted by Gasteiger charge is -2.12. The number of hydrazone groups is 1. The first kappa shape index (κ1) is 15.8. The van der Waals surface area contributed by atoms with Crippen LogP contribution in [0, 0.1) is 10.1 Å². The van der Waals surface area contributed by atoms with Crippen LogP contribution in [0.15, 0.2) is 62.9 Å². The fraction of sp³-hybridized carbons (Fsp3) is 0.0667. The van der Waals surface area contributed by atoms with Gasteiger partial charge >= 0.3 is 0 Å². The molecule has 0 bridgehead atoms. The zero-order valence-corrected chi connectivity index (χ0v) is 13.3. The second-order valence-electron chi connectivity index (χ2n) is 5.01. The van der Waals surface area contributed by atoms with Crippen molar-refractivity contribution in [3.05, 3.63) is 69.8 Å². The van der Waals surface area contributed by atoms with E-state index in [0.29, 0.717) is 0 Å². The van der Waals surface area contributed by atoms with E-state index in [0.717, 1.165) is 11.6 Å². The predicted octanol–water partition coefficient (Wildman–Crippen LogP) is 2.01. The van der Waals surface area contributed by atoms with Gasteiger partial charge in [-0.15, -0.1) is 4.40 Å². The van der Waals surface area contributed by atoms with Crippen LogP contribution in [-0.2, 0) is 10.0 Å². The van der Waals surface area contributed by atoms with E-state index >= 15 is 0 Å². The summed E-state index contributed by atoms with van der Waals surface area (Å²) in [5.74, 6) is 0.118. The Bertz CT molecular complexity index is 968. The number of amidine groups is 1. The summed E-state index contributed by atoms with van der Waals surface area (Å²) in [6.45, 7) is 0. The van der Waals surface area contributed by atoms with Gasteiger partial charge in [0.15, 0.2) is 5.84 Å². The van der Waals surface area contributed by atoms with Crippen molar-refractivity contribution in [3.63, 3.8) is 0 Å². The lowest BCUT2D eigenvalue weighted by molar-refractivity contribution is -0.385. The summed E-state index contributed by atoms with van der Waals surface area (Å²) in [5.41, 5.74) is 0.826. The van der Waals surface area contributed by atoms with Gasteiger partial charge in [-0.1, -0.05) is 30.3 Å². The summed E-state index contributed by atoms with van der Waals surface area (Å²) in [6, 6.07) is 12.9. The second-order valence-corrected chi connectivity index (χ2v) is 6.58. The second kappa shape index (κ2) is 5.85. The Morgan fingerprint density at radius 1 is 1.21 bits per heavy atom. The number of rotatable bonds is 3. The Morgan fingerprint density at radius 2 is 1.92 bits per heavy atom. The van der Waals surface area contributed by atoms with E-state index in [1.165, 1.54) is 17.1 Å². The Morgan fingerprint density at radius 3 is 2.58 bits per heavy atom. The highest BCUT2D eigenvalue weighted by Crippen LogP contribution is 2.30. The molecular formula is C15H12N4O4S. The first-order chi connectivity index (χ1) is 11.4. The van der Waals surface area contributed by atoms with Crippen LogP contribution in [0.25, 0.3) is 0 Å². The molecule has 24 heavy (non-hydrogen) atoms. The van der Waals surface area contributed by atoms with Gasteiger partial charge in [-0.05, 0) is 11.6 Å². The van der Waals surface area contributed by atoms with Crippen molar-refractivity contribution in [2.45, 2.75) is 4.90 Å². The molecule has 0 aliphatic carbocycles. The summed E-state index contributed by atoms with van der Waals surface area (Å²) in [6.07, 6.45) is 1.57. The van der Waals surface area contributed by atoms with Crippen LogP contribution < -0.4 is 0 Å². The maximum atomic E-state index is 12.1.